The van der Waals surface area contributed by atoms with Crippen molar-refractivity contribution in [3.8, 4) is 0 Å². The van der Waals surface area contributed by atoms with Gasteiger partial charge in [0.25, 0.3) is 5.91 Å². The zero-order valence-electron chi connectivity index (χ0n) is 15.7. The quantitative estimate of drug-likeness (QED) is 0.529. The molecule has 6 nitrogen and oxygen atoms in total. The fourth-order valence-electron chi connectivity index (χ4n) is 2.25. The Bertz CT molecular complexity index is 892. The van der Waals surface area contributed by atoms with Gasteiger partial charge in [-0.2, -0.15) is 0 Å². The summed E-state index contributed by atoms with van der Waals surface area (Å²) in [7, 11) is 0. The summed E-state index contributed by atoms with van der Waals surface area (Å²) in [4.78, 5) is 35.3. The summed E-state index contributed by atoms with van der Waals surface area (Å²) in [5.41, 5.74) is 7.96. The largest absolute Gasteiger partial charge is 0.326 e. The number of hydrogen-bond acceptors (Lipinski definition) is 3. The SMILES string of the molecule is Cc1ccc(NC(=O)CCC(=O)NNC(=O)C=Cc2ccc(F)cc2)cc1C. The predicted molar refractivity (Wildman–Crippen MR) is 105 cm³/mol. The zero-order chi connectivity index (χ0) is 20.5. The molecule has 0 unspecified atom stereocenters. The monoisotopic (exact) mass is 383 g/mol. The minimum absolute atomic E-state index is 0.0138. The van der Waals surface area contributed by atoms with Crippen molar-refractivity contribution in [3.05, 3.63) is 71.0 Å². The van der Waals surface area contributed by atoms with Crippen LogP contribution in [-0.2, 0) is 14.4 Å². The van der Waals surface area contributed by atoms with E-state index in [0.717, 1.165) is 11.1 Å². The third-order valence-electron chi connectivity index (χ3n) is 3.99. The molecule has 7 heteroatoms. The van der Waals surface area contributed by atoms with E-state index < -0.39 is 11.8 Å². The maximum Gasteiger partial charge on any atom is 0.262 e. The Morgan fingerprint density at radius 1 is 0.893 bits per heavy atom. The summed E-state index contributed by atoms with van der Waals surface area (Å²) < 4.78 is 12.8. The Balaban J connectivity index is 1.70. The third-order valence-corrected chi connectivity index (χ3v) is 3.99. The lowest BCUT2D eigenvalue weighted by Gasteiger charge is -2.08. The normalized spacial score (nSPS) is 10.5. The Labute approximate surface area is 162 Å². The van der Waals surface area contributed by atoms with E-state index in [-0.39, 0.29) is 24.6 Å². The third kappa shape index (κ3) is 7.03. The van der Waals surface area contributed by atoms with Crippen LogP contribution < -0.4 is 16.2 Å². The minimum atomic E-state index is -0.544. The maximum absolute atomic E-state index is 12.8. The fraction of sp³-hybridized carbons (Fsp3) is 0.190. The summed E-state index contributed by atoms with van der Waals surface area (Å²) >= 11 is 0. The van der Waals surface area contributed by atoms with Crippen molar-refractivity contribution in [3.63, 3.8) is 0 Å². The number of rotatable bonds is 6. The molecule has 0 aliphatic carbocycles. The maximum atomic E-state index is 12.8. The van der Waals surface area contributed by atoms with Gasteiger partial charge in [0.1, 0.15) is 5.82 Å². The van der Waals surface area contributed by atoms with Crippen LogP contribution in [-0.4, -0.2) is 17.7 Å². The van der Waals surface area contributed by atoms with Crippen molar-refractivity contribution in [2.45, 2.75) is 26.7 Å². The van der Waals surface area contributed by atoms with E-state index in [0.29, 0.717) is 11.3 Å². The molecule has 0 fully saturated rings. The van der Waals surface area contributed by atoms with Crippen LogP contribution in [0.5, 0.6) is 0 Å². The first kappa shape index (κ1) is 20.8. The first-order valence-electron chi connectivity index (χ1n) is 8.73. The van der Waals surface area contributed by atoms with Crippen LogP contribution in [0, 0.1) is 19.7 Å². The van der Waals surface area contributed by atoms with Crippen LogP contribution in [0.3, 0.4) is 0 Å². The van der Waals surface area contributed by atoms with Crippen LogP contribution in [0.4, 0.5) is 10.1 Å². The first-order chi connectivity index (χ1) is 13.3. The highest BCUT2D eigenvalue weighted by atomic mass is 19.1. The molecule has 2 rings (SSSR count). The molecule has 28 heavy (non-hydrogen) atoms. The van der Waals surface area contributed by atoms with Gasteiger partial charge in [-0.3, -0.25) is 25.2 Å². The van der Waals surface area contributed by atoms with Crippen molar-refractivity contribution in [1.82, 2.24) is 10.9 Å². The van der Waals surface area contributed by atoms with Crippen molar-refractivity contribution in [2.75, 3.05) is 5.32 Å². The predicted octanol–water partition coefficient (Wildman–Crippen LogP) is 3.02. The van der Waals surface area contributed by atoms with Crippen molar-refractivity contribution in [1.29, 1.82) is 0 Å². The van der Waals surface area contributed by atoms with Gasteiger partial charge in [0, 0.05) is 24.6 Å². The van der Waals surface area contributed by atoms with Gasteiger partial charge in [0.15, 0.2) is 0 Å². The van der Waals surface area contributed by atoms with Gasteiger partial charge >= 0.3 is 0 Å². The highest BCUT2D eigenvalue weighted by molar-refractivity contribution is 5.95. The van der Waals surface area contributed by atoms with E-state index in [1.54, 1.807) is 6.07 Å². The van der Waals surface area contributed by atoms with Crippen LogP contribution in [0.1, 0.15) is 29.5 Å². The number of aryl methyl sites for hydroxylation is 2. The molecule has 2 aromatic carbocycles. The molecule has 0 radical (unpaired) electrons. The van der Waals surface area contributed by atoms with Gasteiger partial charge in [-0.25, -0.2) is 4.39 Å². The standard InChI is InChI=1S/C21H22FN3O3/c1-14-3-9-18(13-15(14)2)23-19(26)11-12-21(28)25-24-20(27)10-6-16-4-7-17(22)8-5-16/h3-10,13H,11-12H2,1-2H3,(H,23,26)(H,24,27)(H,25,28). The van der Waals surface area contributed by atoms with Crippen molar-refractivity contribution in [2.24, 2.45) is 0 Å². The van der Waals surface area contributed by atoms with Gasteiger partial charge in [-0.1, -0.05) is 18.2 Å². The molecular formula is C21H22FN3O3. The number of hydrazine groups is 1. The average molecular weight is 383 g/mol. The highest BCUT2D eigenvalue weighted by Gasteiger charge is 2.08. The lowest BCUT2D eigenvalue weighted by atomic mass is 10.1. The first-order valence-corrected chi connectivity index (χ1v) is 8.73. The Morgan fingerprint density at radius 2 is 1.57 bits per heavy atom. The van der Waals surface area contributed by atoms with Crippen molar-refractivity contribution < 1.29 is 18.8 Å². The molecule has 0 spiro atoms. The van der Waals surface area contributed by atoms with E-state index in [9.17, 15) is 18.8 Å². The van der Waals surface area contributed by atoms with E-state index >= 15 is 0 Å². The van der Waals surface area contributed by atoms with Crippen LogP contribution in [0.25, 0.3) is 6.08 Å². The molecule has 0 aliphatic heterocycles. The van der Waals surface area contributed by atoms with Gasteiger partial charge in [-0.15, -0.1) is 0 Å². The smallest absolute Gasteiger partial charge is 0.262 e. The summed E-state index contributed by atoms with van der Waals surface area (Å²) in [5, 5.41) is 2.73. The number of carbonyl (C=O) groups is 3. The molecule has 3 N–H and O–H groups in total. The minimum Gasteiger partial charge on any atom is -0.326 e. The molecule has 0 heterocycles. The number of amides is 3. The Hall–Kier alpha value is -3.48. The van der Waals surface area contributed by atoms with E-state index in [4.69, 9.17) is 0 Å². The number of benzene rings is 2. The summed E-state index contributed by atoms with van der Waals surface area (Å²) in [6, 6.07) is 11.2. The van der Waals surface area contributed by atoms with Gasteiger partial charge < -0.3 is 5.32 Å². The second kappa shape index (κ2) is 10.0. The number of anilines is 1. The average Bonchev–Trinajstić information content (AvgIpc) is 2.67. The van der Waals surface area contributed by atoms with Crippen LogP contribution in [0.2, 0.25) is 0 Å². The molecule has 0 saturated carbocycles. The van der Waals surface area contributed by atoms with E-state index in [1.807, 2.05) is 26.0 Å². The molecule has 146 valence electrons. The summed E-state index contributed by atoms with van der Waals surface area (Å²) in [6.45, 7) is 3.93. The lowest BCUT2D eigenvalue weighted by Crippen LogP contribution is -2.41. The van der Waals surface area contributed by atoms with Crippen LogP contribution in [0.15, 0.2) is 48.5 Å². The number of halogens is 1. The second-order valence-electron chi connectivity index (χ2n) is 6.27. The Morgan fingerprint density at radius 3 is 2.25 bits per heavy atom. The Kier molecular flexibility index (Phi) is 7.45. The molecular weight excluding hydrogens is 361 g/mol. The number of hydrogen-bond donors (Lipinski definition) is 3. The zero-order valence-corrected chi connectivity index (χ0v) is 15.7. The highest BCUT2D eigenvalue weighted by Crippen LogP contribution is 2.14. The van der Waals surface area contributed by atoms with Gasteiger partial charge in [0.05, 0.1) is 0 Å². The van der Waals surface area contributed by atoms with E-state index in [1.165, 1.54) is 36.4 Å². The second-order valence-corrected chi connectivity index (χ2v) is 6.27. The van der Waals surface area contributed by atoms with Gasteiger partial charge in [0.2, 0.25) is 11.8 Å². The summed E-state index contributed by atoms with van der Waals surface area (Å²) in [6.07, 6.45) is 2.61. The molecule has 0 saturated heterocycles. The molecule has 0 bridgehead atoms. The fourth-order valence-corrected chi connectivity index (χ4v) is 2.25. The number of carbonyl (C=O) groups excluding carboxylic acids is 3. The van der Waals surface area contributed by atoms with E-state index in [2.05, 4.69) is 16.2 Å². The van der Waals surface area contributed by atoms with Gasteiger partial charge in [-0.05, 0) is 60.9 Å². The molecule has 3 amide bonds. The van der Waals surface area contributed by atoms with Crippen molar-refractivity contribution >= 4 is 29.5 Å². The molecule has 0 aliphatic rings. The molecule has 0 aromatic heterocycles. The van der Waals surface area contributed by atoms with Crippen LogP contribution >= 0.6 is 0 Å². The topological polar surface area (TPSA) is 87.3 Å². The summed E-state index contributed by atoms with van der Waals surface area (Å²) in [5.74, 6) is -1.69. The molecule has 2 aromatic rings. The number of nitrogens with one attached hydrogen (secondary N) is 3. The molecule has 0 atom stereocenters. The lowest BCUT2D eigenvalue weighted by molar-refractivity contribution is -0.128.